The molecule has 0 fully saturated rings. The van der Waals surface area contributed by atoms with Crippen LogP contribution in [-0.2, 0) is 0 Å². The second kappa shape index (κ2) is 7.96. The second-order valence-electron chi connectivity index (χ2n) is 5.00. The summed E-state index contributed by atoms with van der Waals surface area (Å²) < 4.78 is 0. The van der Waals surface area contributed by atoms with Crippen LogP contribution in [0.1, 0.15) is 34.6 Å². The molecule has 0 spiro atoms. The summed E-state index contributed by atoms with van der Waals surface area (Å²) in [5, 5.41) is 11.8. The highest BCUT2D eigenvalue weighted by molar-refractivity contribution is 7.99. The smallest absolute Gasteiger partial charge is 0.251 e. The standard InChI is InChI=1S/C17H20N2O2S/c1-12-4-3-9-18-16(12)13(2)19-17(21)14-5-7-15(8-6-14)22-11-10-20/h3-9,13,20H,10-11H2,1-2H3,(H,19,21)/t13-/m1/s1. The molecule has 0 aliphatic carbocycles. The average molecular weight is 316 g/mol. The normalized spacial score (nSPS) is 12.0. The molecule has 0 saturated heterocycles. The van der Waals surface area contributed by atoms with Crippen molar-refractivity contribution in [2.24, 2.45) is 0 Å². The maximum absolute atomic E-state index is 12.3. The molecule has 5 heteroatoms. The zero-order chi connectivity index (χ0) is 15.9. The van der Waals surface area contributed by atoms with Crippen molar-refractivity contribution in [3.63, 3.8) is 0 Å². The van der Waals surface area contributed by atoms with E-state index in [-0.39, 0.29) is 18.6 Å². The molecule has 1 aromatic heterocycles. The van der Waals surface area contributed by atoms with Crippen molar-refractivity contribution >= 4 is 17.7 Å². The van der Waals surface area contributed by atoms with Gasteiger partial charge >= 0.3 is 0 Å². The summed E-state index contributed by atoms with van der Waals surface area (Å²) >= 11 is 1.56. The molecule has 1 atom stereocenters. The van der Waals surface area contributed by atoms with E-state index in [0.29, 0.717) is 11.3 Å². The van der Waals surface area contributed by atoms with Gasteiger partial charge in [0.15, 0.2) is 0 Å². The monoisotopic (exact) mass is 316 g/mol. The van der Waals surface area contributed by atoms with Gasteiger partial charge in [-0.05, 0) is 49.7 Å². The van der Waals surface area contributed by atoms with Crippen molar-refractivity contribution in [2.75, 3.05) is 12.4 Å². The quantitative estimate of drug-likeness (QED) is 0.804. The predicted molar refractivity (Wildman–Crippen MR) is 89.1 cm³/mol. The first-order chi connectivity index (χ1) is 10.6. The summed E-state index contributed by atoms with van der Waals surface area (Å²) in [6.07, 6.45) is 1.73. The van der Waals surface area contributed by atoms with E-state index in [1.165, 1.54) is 0 Å². The number of thioether (sulfide) groups is 1. The minimum Gasteiger partial charge on any atom is -0.396 e. The van der Waals surface area contributed by atoms with E-state index in [1.54, 1.807) is 30.1 Å². The molecule has 2 rings (SSSR count). The largest absolute Gasteiger partial charge is 0.396 e. The van der Waals surface area contributed by atoms with E-state index in [1.807, 2.05) is 38.1 Å². The van der Waals surface area contributed by atoms with E-state index in [9.17, 15) is 4.79 Å². The number of carbonyl (C=O) groups excluding carboxylic acids is 1. The number of benzene rings is 1. The summed E-state index contributed by atoms with van der Waals surface area (Å²) in [7, 11) is 0. The first-order valence-electron chi connectivity index (χ1n) is 7.18. The van der Waals surface area contributed by atoms with Crippen LogP contribution in [0, 0.1) is 6.92 Å². The minimum atomic E-state index is -0.142. The van der Waals surface area contributed by atoms with Crippen molar-refractivity contribution in [1.29, 1.82) is 0 Å². The third-order valence-corrected chi connectivity index (χ3v) is 4.28. The van der Waals surface area contributed by atoms with Crippen LogP contribution in [0.25, 0.3) is 0 Å². The van der Waals surface area contributed by atoms with Crippen LogP contribution < -0.4 is 5.32 Å². The van der Waals surface area contributed by atoms with Gasteiger partial charge in [-0.3, -0.25) is 9.78 Å². The number of rotatable bonds is 6. The molecule has 116 valence electrons. The molecule has 0 unspecified atom stereocenters. The summed E-state index contributed by atoms with van der Waals surface area (Å²) in [6.45, 7) is 4.06. The highest BCUT2D eigenvalue weighted by Gasteiger charge is 2.14. The molecule has 1 amide bonds. The van der Waals surface area contributed by atoms with E-state index in [4.69, 9.17) is 5.11 Å². The molecule has 0 bridgehead atoms. The lowest BCUT2D eigenvalue weighted by Gasteiger charge is -2.15. The molecule has 0 radical (unpaired) electrons. The van der Waals surface area contributed by atoms with Crippen molar-refractivity contribution in [3.05, 3.63) is 59.4 Å². The molecular formula is C17H20N2O2S. The number of aromatic nitrogens is 1. The van der Waals surface area contributed by atoms with Crippen LogP contribution >= 0.6 is 11.8 Å². The number of aliphatic hydroxyl groups excluding tert-OH is 1. The number of nitrogens with zero attached hydrogens (tertiary/aromatic N) is 1. The molecule has 4 nitrogen and oxygen atoms in total. The second-order valence-corrected chi connectivity index (χ2v) is 6.17. The van der Waals surface area contributed by atoms with Gasteiger partial charge in [0.05, 0.1) is 18.3 Å². The Labute approximate surface area is 135 Å². The molecule has 0 aliphatic rings. The Morgan fingerprint density at radius 2 is 2.05 bits per heavy atom. The molecule has 1 aromatic carbocycles. The lowest BCUT2D eigenvalue weighted by Crippen LogP contribution is -2.27. The first kappa shape index (κ1) is 16.5. The Hall–Kier alpha value is -1.85. The number of carbonyl (C=O) groups is 1. The topological polar surface area (TPSA) is 62.2 Å². The molecule has 0 aliphatic heterocycles. The zero-order valence-electron chi connectivity index (χ0n) is 12.7. The highest BCUT2D eigenvalue weighted by Crippen LogP contribution is 2.19. The fourth-order valence-electron chi connectivity index (χ4n) is 2.17. The fraction of sp³-hybridized carbons (Fsp3) is 0.294. The van der Waals surface area contributed by atoms with Crippen LogP contribution in [0.5, 0.6) is 0 Å². The van der Waals surface area contributed by atoms with Gasteiger partial charge in [0.25, 0.3) is 5.91 Å². The summed E-state index contributed by atoms with van der Waals surface area (Å²) in [5.74, 6) is 0.540. The maximum Gasteiger partial charge on any atom is 0.251 e. The Kier molecular flexibility index (Phi) is 5.98. The maximum atomic E-state index is 12.3. The van der Waals surface area contributed by atoms with Gasteiger partial charge in [-0.15, -0.1) is 11.8 Å². The van der Waals surface area contributed by atoms with Crippen molar-refractivity contribution in [1.82, 2.24) is 10.3 Å². The summed E-state index contributed by atoms with van der Waals surface area (Å²) in [4.78, 5) is 17.7. The Morgan fingerprint density at radius 3 is 2.68 bits per heavy atom. The third-order valence-electron chi connectivity index (χ3n) is 3.28. The first-order valence-corrected chi connectivity index (χ1v) is 8.16. The van der Waals surface area contributed by atoms with E-state index >= 15 is 0 Å². The molecule has 1 heterocycles. The van der Waals surface area contributed by atoms with Crippen LogP contribution in [0.2, 0.25) is 0 Å². The van der Waals surface area contributed by atoms with Gasteiger partial charge in [0.2, 0.25) is 0 Å². The van der Waals surface area contributed by atoms with Gasteiger partial charge < -0.3 is 10.4 Å². The summed E-state index contributed by atoms with van der Waals surface area (Å²) in [5.41, 5.74) is 2.56. The summed E-state index contributed by atoms with van der Waals surface area (Å²) in [6, 6.07) is 11.1. The van der Waals surface area contributed by atoms with E-state index in [2.05, 4.69) is 10.3 Å². The van der Waals surface area contributed by atoms with Crippen LogP contribution in [0.4, 0.5) is 0 Å². The van der Waals surface area contributed by atoms with E-state index in [0.717, 1.165) is 16.2 Å². The highest BCUT2D eigenvalue weighted by atomic mass is 32.2. The SMILES string of the molecule is Cc1cccnc1[C@@H](C)NC(=O)c1ccc(SCCO)cc1. The molecule has 2 N–H and O–H groups in total. The number of hydrogen-bond acceptors (Lipinski definition) is 4. The Morgan fingerprint density at radius 1 is 1.32 bits per heavy atom. The van der Waals surface area contributed by atoms with Crippen LogP contribution in [0.3, 0.4) is 0 Å². The van der Waals surface area contributed by atoms with Gasteiger partial charge in [-0.2, -0.15) is 0 Å². The fourth-order valence-corrected chi connectivity index (χ4v) is 2.82. The van der Waals surface area contributed by atoms with Crippen molar-refractivity contribution < 1.29 is 9.90 Å². The van der Waals surface area contributed by atoms with Gasteiger partial charge in [-0.25, -0.2) is 0 Å². The number of aryl methyl sites for hydroxylation is 1. The number of hydrogen-bond donors (Lipinski definition) is 2. The van der Waals surface area contributed by atoms with Gasteiger partial charge in [-0.1, -0.05) is 6.07 Å². The van der Waals surface area contributed by atoms with Gasteiger partial charge in [0, 0.05) is 22.4 Å². The number of aliphatic hydroxyl groups is 1. The lowest BCUT2D eigenvalue weighted by molar-refractivity contribution is 0.0939. The predicted octanol–water partition coefficient (Wildman–Crippen LogP) is 2.97. The Bertz CT molecular complexity index is 629. The Balaban J connectivity index is 2.01. The number of nitrogens with one attached hydrogen (secondary N) is 1. The average Bonchev–Trinajstić information content (AvgIpc) is 2.53. The zero-order valence-corrected chi connectivity index (χ0v) is 13.6. The van der Waals surface area contributed by atoms with Crippen molar-refractivity contribution in [2.45, 2.75) is 24.8 Å². The molecule has 0 saturated carbocycles. The minimum absolute atomic E-state index is 0.115. The van der Waals surface area contributed by atoms with Crippen LogP contribution in [-0.4, -0.2) is 28.4 Å². The molecular weight excluding hydrogens is 296 g/mol. The number of amides is 1. The molecule has 22 heavy (non-hydrogen) atoms. The van der Waals surface area contributed by atoms with Crippen LogP contribution in [0.15, 0.2) is 47.5 Å². The third kappa shape index (κ3) is 4.32. The van der Waals surface area contributed by atoms with E-state index < -0.39 is 0 Å². The molecule has 2 aromatic rings. The van der Waals surface area contributed by atoms with Crippen molar-refractivity contribution in [3.8, 4) is 0 Å². The van der Waals surface area contributed by atoms with Gasteiger partial charge in [0.1, 0.15) is 0 Å². The number of pyridine rings is 1. The lowest BCUT2D eigenvalue weighted by atomic mass is 10.1.